The summed E-state index contributed by atoms with van der Waals surface area (Å²) in [6, 6.07) is 5.32. The van der Waals surface area contributed by atoms with Gasteiger partial charge in [0.2, 0.25) is 0 Å². The van der Waals surface area contributed by atoms with Gasteiger partial charge in [-0.15, -0.1) is 0 Å². The predicted octanol–water partition coefficient (Wildman–Crippen LogP) is 1.05. The second kappa shape index (κ2) is 7.12. The predicted molar refractivity (Wildman–Crippen MR) is 76.0 cm³/mol. The summed E-state index contributed by atoms with van der Waals surface area (Å²) in [7, 11) is 1.64. The number of carbonyl (C=O) groups excluding carboxylic acids is 1. The highest BCUT2D eigenvalue weighted by molar-refractivity contribution is 5.98. The van der Waals surface area contributed by atoms with E-state index in [4.69, 9.17) is 19.9 Å². The first-order valence-corrected chi connectivity index (χ1v) is 6.61. The molecule has 0 aliphatic carbocycles. The lowest BCUT2D eigenvalue weighted by Gasteiger charge is -2.29. The van der Waals surface area contributed by atoms with Gasteiger partial charge in [-0.25, -0.2) is 0 Å². The molecule has 0 saturated carbocycles. The number of nitrogens with two attached hydrogens (primary N) is 1. The van der Waals surface area contributed by atoms with Crippen molar-refractivity contribution in [1.29, 1.82) is 0 Å². The van der Waals surface area contributed by atoms with E-state index in [1.807, 2.05) is 6.07 Å². The van der Waals surface area contributed by atoms with Gasteiger partial charge >= 0.3 is 0 Å². The number of carbonyl (C=O) groups is 1. The largest absolute Gasteiger partial charge is 0.481 e. The van der Waals surface area contributed by atoms with Gasteiger partial charge < -0.3 is 24.8 Å². The summed E-state index contributed by atoms with van der Waals surface area (Å²) >= 11 is 0. The lowest BCUT2D eigenvalue weighted by molar-refractivity contribution is -0.121. The monoisotopic (exact) mass is 280 g/mol. The van der Waals surface area contributed by atoms with Gasteiger partial charge in [-0.1, -0.05) is 0 Å². The van der Waals surface area contributed by atoms with Crippen LogP contribution >= 0.6 is 0 Å². The summed E-state index contributed by atoms with van der Waals surface area (Å²) in [5.74, 6) is 0.615. The number of amides is 1. The van der Waals surface area contributed by atoms with Gasteiger partial charge in [-0.05, 0) is 18.6 Å². The Labute approximate surface area is 118 Å². The number of benzene rings is 1. The molecule has 0 atom stereocenters. The molecule has 6 nitrogen and oxygen atoms in total. The number of ether oxygens (including phenoxy) is 3. The molecular formula is C14H20N2O4. The highest BCUT2D eigenvalue weighted by Crippen LogP contribution is 2.33. The molecule has 1 heterocycles. The van der Waals surface area contributed by atoms with Crippen molar-refractivity contribution in [3.05, 3.63) is 18.2 Å². The fraction of sp³-hybridized carbons (Fsp3) is 0.500. The van der Waals surface area contributed by atoms with Gasteiger partial charge in [-0.3, -0.25) is 4.79 Å². The first-order chi connectivity index (χ1) is 9.72. The molecule has 0 unspecified atom stereocenters. The van der Waals surface area contributed by atoms with Gasteiger partial charge in [0.25, 0.3) is 5.91 Å². The van der Waals surface area contributed by atoms with Crippen molar-refractivity contribution in [2.75, 3.05) is 50.7 Å². The van der Waals surface area contributed by atoms with Crippen LogP contribution in [0.1, 0.15) is 6.42 Å². The Morgan fingerprint density at radius 3 is 3.00 bits per heavy atom. The van der Waals surface area contributed by atoms with E-state index in [9.17, 15) is 4.79 Å². The molecule has 0 aromatic heterocycles. The number of rotatable bonds is 7. The fourth-order valence-electron chi connectivity index (χ4n) is 2.04. The fourth-order valence-corrected chi connectivity index (χ4v) is 2.04. The van der Waals surface area contributed by atoms with E-state index in [1.54, 1.807) is 24.1 Å². The van der Waals surface area contributed by atoms with Gasteiger partial charge in [0.15, 0.2) is 6.61 Å². The van der Waals surface area contributed by atoms with Crippen LogP contribution in [0.15, 0.2) is 18.2 Å². The topological polar surface area (TPSA) is 74.0 Å². The molecule has 110 valence electrons. The quantitative estimate of drug-likeness (QED) is 0.597. The molecule has 1 aliphatic rings. The minimum absolute atomic E-state index is 0.0424. The number of fused-ring (bicyclic) bond motifs is 1. The molecule has 0 fully saturated rings. The normalized spacial score (nSPS) is 14.1. The van der Waals surface area contributed by atoms with E-state index in [-0.39, 0.29) is 12.5 Å². The van der Waals surface area contributed by atoms with Crippen LogP contribution < -0.4 is 15.4 Å². The van der Waals surface area contributed by atoms with E-state index in [1.165, 1.54) is 0 Å². The van der Waals surface area contributed by atoms with Crippen molar-refractivity contribution in [3.63, 3.8) is 0 Å². The average Bonchev–Trinajstić information content (AvgIpc) is 2.44. The molecule has 0 spiro atoms. The standard InChI is InChI=1S/C14H20N2O4/c1-18-7-8-19-6-2-5-16-12-4-3-11(15)9-13(12)20-10-14(16)17/h3-4,9H,2,5-8,10,15H2,1H3. The molecule has 1 aromatic rings. The zero-order valence-electron chi connectivity index (χ0n) is 11.6. The van der Waals surface area contributed by atoms with Crippen LogP contribution in [0.3, 0.4) is 0 Å². The maximum atomic E-state index is 11.9. The minimum Gasteiger partial charge on any atom is -0.481 e. The molecule has 0 radical (unpaired) electrons. The Morgan fingerprint density at radius 2 is 2.20 bits per heavy atom. The summed E-state index contributed by atoms with van der Waals surface area (Å²) in [6.07, 6.45) is 0.763. The number of methoxy groups -OCH3 is 1. The maximum absolute atomic E-state index is 11.9. The van der Waals surface area contributed by atoms with Gasteiger partial charge in [-0.2, -0.15) is 0 Å². The molecule has 0 saturated heterocycles. The van der Waals surface area contributed by atoms with Crippen molar-refractivity contribution >= 4 is 17.3 Å². The molecule has 1 amide bonds. The average molecular weight is 280 g/mol. The number of nitrogen functional groups attached to an aromatic ring is 1. The second-order valence-corrected chi connectivity index (χ2v) is 4.52. The van der Waals surface area contributed by atoms with Crippen LogP contribution in [0.25, 0.3) is 0 Å². The van der Waals surface area contributed by atoms with Crippen LogP contribution in [-0.4, -0.2) is 46.0 Å². The number of anilines is 2. The molecule has 2 rings (SSSR count). The third kappa shape index (κ3) is 3.61. The molecule has 20 heavy (non-hydrogen) atoms. The number of nitrogens with zero attached hydrogens (tertiary/aromatic N) is 1. The molecule has 2 N–H and O–H groups in total. The van der Waals surface area contributed by atoms with Crippen LogP contribution in [0.4, 0.5) is 11.4 Å². The molecule has 1 aliphatic heterocycles. The molecule has 1 aromatic carbocycles. The Bertz CT molecular complexity index is 464. The van der Waals surface area contributed by atoms with Gasteiger partial charge in [0, 0.05) is 32.0 Å². The lowest BCUT2D eigenvalue weighted by Crippen LogP contribution is -2.39. The Hall–Kier alpha value is -1.79. The zero-order chi connectivity index (χ0) is 14.4. The lowest BCUT2D eigenvalue weighted by atomic mass is 10.2. The molecule has 6 heteroatoms. The second-order valence-electron chi connectivity index (χ2n) is 4.52. The summed E-state index contributed by atoms with van der Waals surface area (Å²) in [4.78, 5) is 13.6. The van der Waals surface area contributed by atoms with Crippen molar-refractivity contribution in [3.8, 4) is 5.75 Å². The van der Waals surface area contributed by atoms with Crippen molar-refractivity contribution in [2.45, 2.75) is 6.42 Å². The van der Waals surface area contributed by atoms with Gasteiger partial charge in [0.1, 0.15) is 5.75 Å². The van der Waals surface area contributed by atoms with Crippen molar-refractivity contribution in [2.24, 2.45) is 0 Å². The zero-order valence-corrected chi connectivity index (χ0v) is 11.6. The van der Waals surface area contributed by atoms with E-state index in [0.29, 0.717) is 37.8 Å². The Kier molecular flexibility index (Phi) is 5.20. The third-order valence-corrected chi connectivity index (χ3v) is 3.03. The highest BCUT2D eigenvalue weighted by Gasteiger charge is 2.24. The maximum Gasteiger partial charge on any atom is 0.265 e. The van der Waals surface area contributed by atoms with E-state index in [2.05, 4.69) is 0 Å². The van der Waals surface area contributed by atoms with E-state index < -0.39 is 0 Å². The minimum atomic E-state index is -0.0424. The molecule has 0 bridgehead atoms. The van der Waals surface area contributed by atoms with Gasteiger partial charge in [0.05, 0.1) is 18.9 Å². The smallest absolute Gasteiger partial charge is 0.265 e. The van der Waals surface area contributed by atoms with Crippen LogP contribution in [0.5, 0.6) is 5.75 Å². The summed E-state index contributed by atoms with van der Waals surface area (Å²) in [5, 5.41) is 0. The van der Waals surface area contributed by atoms with Crippen molar-refractivity contribution in [1.82, 2.24) is 0 Å². The molecular weight excluding hydrogens is 260 g/mol. The summed E-state index contributed by atoms with van der Waals surface area (Å²) in [5.41, 5.74) is 7.11. The van der Waals surface area contributed by atoms with Crippen molar-refractivity contribution < 1.29 is 19.0 Å². The summed E-state index contributed by atoms with van der Waals surface area (Å²) < 4.78 is 15.7. The Morgan fingerprint density at radius 1 is 1.35 bits per heavy atom. The first-order valence-electron chi connectivity index (χ1n) is 6.61. The number of hydrogen-bond acceptors (Lipinski definition) is 5. The van der Waals surface area contributed by atoms with E-state index in [0.717, 1.165) is 12.1 Å². The summed E-state index contributed by atoms with van der Waals surface area (Å²) in [6.45, 7) is 2.41. The van der Waals surface area contributed by atoms with Crippen LogP contribution in [-0.2, 0) is 14.3 Å². The first kappa shape index (κ1) is 14.6. The number of hydrogen-bond donors (Lipinski definition) is 1. The Balaban J connectivity index is 1.89. The van der Waals surface area contributed by atoms with E-state index >= 15 is 0 Å². The third-order valence-electron chi connectivity index (χ3n) is 3.03. The SMILES string of the molecule is COCCOCCCN1C(=O)COc2cc(N)ccc21. The van der Waals surface area contributed by atoms with Crippen LogP contribution in [0.2, 0.25) is 0 Å². The van der Waals surface area contributed by atoms with Crippen LogP contribution in [0, 0.1) is 0 Å². The highest BCUT2D eigenvalue weighted by atomic mass is 16.5.